The first-order valence-electron chi connectivity index (χ1n) is 5.37. The van der Waals surface area contributed by atoms with Gasteiger partial charge in [-0.05, 0) is 13.0 Å². The Kier molecular flexibility index (Phi) is 4.99. The van der Waals surface area contributed by atoms with Crippen LogP contribution in [0, 0.1) is 15.9 Å². The second kappa shape index (κ2) is 6.48. The lowest BCUT2D eigenvalue weighted by atomic mass is 10.3. The van der Waals surface area contributed by atoms with Gasteiger partial charge in [0.15, 0.2) is 5.75 Å². The van der Waals surface area contributed by atoms with Crippen LogP contribution >= 0.6 is 0 Å². The molecule has 0 aliphatic heterocycles. The second-order valence-corrected chi connectivity index (χ2v) is 3.48. The topological polar surface area (TPSA) is 78.7 Å². The molecule has 0 amide bonds. The zero-order chi connectivity index (χ0) is 14.4. The van der Waals surface area contributed by atoms with Crippen LogP contribution in [0.25, 0.3) is 0 Å². The van der Waals surface area contributed by atoms with E-state index in [1.165, 1.54) is 0 Å². The van der Waals surface area contributed by atoms with Crippen molar-refractivity contribution in [3.63, 3.8) is 0 Å². The molecule has 0 N–H and O–H groups in total. The maximum absolute atomic E-state index is 13.0. The molecule has 1 aromatic rings. The van der Waals surface area contributed by atoms with Crippen LogP contribution in [0.1, 0.15) is 6.92 Å². The molecular weight excluding hydrogens is 257 g/mol. The Morgan fingerprint density at radius 1 is 1.53 bits per heavy atom. The molecule has 0 bridgehead atoms. The number of rotatable bonds is 6. The quantitative estimate of drug-likeness (QED) is 0.342. The molecule has 0 aliphatic carbocycles. The first kappa shape index (κ1) is 14.6. The van der Waals surface area contributed by atoms with E-state index in [0.29, 0.717) is 0 Å². The first-order valence-corrected chi connectivity index (χ1v) is 5.37. The highest BCUT2D eigenvalue weighted by Crippen LogP contribution is 2.27. The standard InChI is InChI=1S/C12H12FNO5/c1-3-18-12(15)8(2)7-19-11-6-9(13)4-5-10(11)14(16)17/h4-6H,2-3,7H2,1H3. The van der Waals surface area contributed by atoms with Crippen molar-refractivity contribution in [1.29, 1.82) is 0 Å². The van der Waals surface area contributed by atoms with Crippen LogP contribution in [0.4, 0.5) is 10.1 Å². The Labute approximate surface area is 108 Å². The zero-order valence-electron chi connectivity index (χ0n) is 10.2. The number of ether oxygens (including phenoxy) is 2. The van der Waals surface area contributed by atoms with Crippen molar-refractivity contribution in [2.45, 2.75) is 6.92 Å². The van der Waals surface area contributed by atoms with Gasteiger partial charge in [0.1, 0.15) is 12.4 Å². The lowest BCUT2D eigenvalue weighted by Crippen LogP contribution is -2.13. The van der Waals surface area contributed by atoms with Gasteiger partial charge in [0, 0.05) is 12.1 Å². The summed E-state index contributed by atoms with van der Waals surface area (Å²) >= 11 is 0. The van der Waals surface area contributed by atoms with Crippen LogP contribution < -0.4 is 4.74 Å². The highest BCUT2D eigenvalue weighted by atomic mass is 19.1. The predicted octanol–water partition coefficient (Wildman–Crippen LogP) is 2.23. The van der Waals surface area contributed by atoms with E-state index in [9.17, 15) is 19.3 Å². The predicted molar refractivity (Wildman–Crippen MR) is 64.3 cm³/mol. The minimum atomic E-state index is -0.706. The number of carbonyl (C=O) groups excluding carboxylic acids is 1. The first-order chi connectivity index (χ1) is 8.95. The van der Waals surface area contributed by atoms with Crippen molar-refractivity contribution in [3.8, 4) is 5.75 Å². The smallest absolute Gasteiger partial charge is 0.336 e. The van der Waals surface area contributed by atoms with Crippen LogP contribution in [0.5, 0.6) is 5.75 Å². The maximum Gasteiger partial charge on any atom is 0.336 e. The van der Waals surface area contributed by atoms with Crippen molar-refractivity contribution in [3.05, 3.63) is 46.3 Å². The second-order valence-electron chi connectivity index (χ2n) is 3.48. The molecule has 0 heterocycles. The number of nitrogens with zero attached hydrogens (tertiary/aromatic N) is 1. The number of esters is 1. The van der Waals surface area contributed by atoms with E-state index in [0.717, 1.165) is 18.2 Å². The van der Waals surface area contributed by atoms with Crippen molar-refractivity contribution >= 4 is 11.7 Å². The molecule has 6 nitrogen and oxygen atoms in total. The fourth-order valence-electron chi connectivity index (χ4n) is 1.21. The summed E-state index contributed by atoms with van der Waals surface area (Å²) in [5.41, 5.74) is -0.404. The van der Waals surface area contributed by atoms with E-state index in [2.05, 4.69) is 11.3 Å². The maximum atomic E-state index is 13.0. The molecule has 1 rings (SSSR count). The Balaban J connectivity index is 2.77. The molecule has 1 aromatic carbocycles. The fourth-order valence-corrected chi connectivity index (χ4v) is 1.21. The highest BCUT2D eigenvalue weighted by Gasteiger charge is 2.17. The van der Waals surface area contributed by atoms with E-state index in [-0.39, 0.29) is 24.5 Å². The molecule has 0 saturated heterocycles. The van der Waals surface area contributed by atoms with Gasteiger partial charge in [0.2, 0.25) is 0 Å². The average molecular weight is 269 g/mol. The SMILES string of the molecule is C=C(COc1cc(F)ccc1[N+](=O)[O-])C(=O)OCC. The summed E-state index contributed by atoms with van der Waals surface area (Å²) in [6.07, 6.45) is 0. The Morgan fingerprint density at radius 2 is 2.21 bits per heavy atom. The third-order valence-corrected chi connectivity index (χ3v) is 2.08. The largest absolute Gasteiger partial charge is 0.482 e. The molecule has 0 fully saturated rings. The lowest BCUT2D eigenvalue weighted by Gasteiger charge is -2.08. The van der Waals surface area contributed by atoms with Gasteiger partial charge in [-0.25, -0.2) is 9.18 Å². The molecule has 7 heteroatoms. The van der Waals surface area contributed by atoms with E-state index in [1.54, 1.807) is 6.92 Å². The van der Waals surface area contributed by atoms with Crippen LogP contribution in [-0.4, -0.2) is 24.1 Å². The number of hydrogen-bond donors (Lipinski definition) is 0. The van der Waals surface area contributed by atoms with Gasteiger partial charge in [-0.1, -0.05) is 6.58 Å². The number of carbonyl (C=O) groups is 1. The molecule has 0 radical (unpaired) electrons. The van der Waals surface area contributed by atoms with Gasteiger partial charge in [0.05, 0.1) is 17.1 Å². The summed E-state index contributed by atoms with van der Waals surface area (Å²) in [5, 5.41) is 10.7. The molecule has 0 spiro atoms. The van der Waals surface area contributed by atoms with E-state index < -0.39 is 22.4 Å². The summed E-state index contributed by atoms with van der Waals surface area (Å²) in [6.45, 7) is 4.91. The monoisotopic (exact) mass is 269 g/mol. The third kappa shape index (κ3) is 4.06. The molecular formula is C12H12FNO5. The van der Waals surface area contributed by atoms with Crippen LogP contribution in [0.2, 0.25) is 0 Å². The van der Waals surface area contributed by atoms with Gasteiger partial charge in [0.25, 0.3) is 0 Å². The highest BCUT2D eigenvalue weighted by molar-refractivity contribution is 5.88. The van der Waals surface area contributed by atoms with Crippen LogP contribution in [0.3, 0.4) is 0 Å². The minimum Gasteiger partial charge on any atom is -0.482 e. The Hall–Kier alpha value is -2.44. The Bertz CT molecular complexity index is 515. The summed E-state index contributed by atoms with van der Waals surface area (Å²) in [7, 11) is 0. The van der Waals surface area contributed by atoms with Crippen molar-refractivity contribution in [1.82, 2.24) is 0 Å². The molecule has 0 aromatic heterocycles. The van der Waals surface area contributed by atoms with Gasteiger partial charge >= 0.3 is 11.7 Å². The minimum absolute atomic E-state index is 0.0135. The van der Waals surface area contributed by atoms with Gasteiger partial charge in [-0.2, -0.15) is 0 Å². The van der Waals surface area contributed by atoms with Crippen LogP contribution in [-0.2, 0) is 9.53 Å². The molecule has 0 unspecified atom stereocenters. The molecule has 0 atom stereocenters. The van der Waals surface area contributed by atoms with Gasteiger partial charge in [-0.15, -0.1) is 0 Å². The number of benzene rings is 1. The van der Waals surface area contributed by atoms with E-state index in [4.69, 9.17) is 4.74 Å². The van der Waals surface area contributed by atoms with Crippen molar-refractivity contribution in [2.24, 2.45) is 0 Å². The molecule has 102 valence electrons. The third-order valence-electron chi connectivity index (χ3n) is 2.08. The van der Waals surface area contributed by atoms with Crippen LogP contribution in [0.15, 0.2) is 30.4 Å². The Morgan fingerprint density at radius 3 is 2.79 bits per heavy atom. The number of hydrogen-bond acceptors (Lipinski definition) is 5. The number of nitro benzene ring substituents is 1. The van der Waals surface area contributed by atoms with E-state index in [1.807, 2.05) is 0 Å². The molecule has 0 saturated carbocycles. The zero-order valence-corrected chi connectivity index (χ0v) is 10.2. The average Bonchev–Trinajstić information content (AvgIpc) is 2.35. The van der Waals surface area contributed by atoms with Gasteiger partial charge in [-0.3, -0.25) is 10.1 Å². The molecule has 0 aliphatic rings. The summed E-state index contributed by atoms with van der Waals surface area (Å²) in [6, 6.07) is 2.81. The number of halogens is 1. The summed E-state index contributed by atoms with van der Waals surface area (Å²) < 4.78 is 22.7. The van der Waals surface area contributed by atoms with Crippen molar-refractivity contribution in [2.75, 3.05) is 13.2 Å². The van der Waals surface area contributed by atoms with Crippen molar-refractivity contribution < 1.29 is 23.6 Å². The lowest BCUT2D eigenvalue weighted by molar-refractivity contribution is -0.385. The van der Waals surface area contributed by atoms with Gasteiger partial charge < -0.3 is 9.47 Å². The van der Waals surface area contributed by atoms with E-state index >= 15 is 0 Å². The number of nitro groups is 1. The summed E-state index contributed by atoms with van der Waals surface area (Å²) in [5.74, 6) is -1.61. The summed E-state index contributed by atoms with van der Waals surface area (Å²) in [4.78, 5) is 21.2. The molecule has 19 heavy (non-hydrogen) atoms. The normalized spacial score (nSPS) is 9.79. The fraction of sp³-hybridized carbons (Fsp3) is 0.250.